The van der Waals surface area contributed by atoms with Crippen molar-refractivity contribution in [1.29, 1.82) is 0 Å². The number of aliphatic hydroxyl groups excluding tert-OH is 1. The summed E-state index contributed by atoms with van der Waals surface area (Å²) >= 11 is 0. The topological polar surface area (TPSA) is 54.4 Å². The number of hydrogen-bond acceptors (Lipinski definition) is 3. The van der Waals surface area contributed by atoms with Crippen molar-refractivity contribution in [3.05, 3.63) is 0 Å². The minimum atomic E-state index is -3.26. The molecule has 1 saturated carbocycles. The normalized spacial score (nSPS) is 24.6. The first-order valence-corrected chi connectivity index (χ1v) is 6.47. The van der Waals surface area contributed by atoms with E-state index >= 15 is 0 Å². The number of unbranched alkanes of at least 4 members (excludes halogenated alkanes) is 1. The Labute approximate surface area is 106 Å². The molecule has 3 nitrogen and oxygen atoms in total. The number of rotatable bonds is 7. The number of ketones is 2. The first-order chi connectivity index (χ1) is 8.36. The molecule has 2 atom stereocenters. The Bertz CT molecular complexity index is 315. The largest absolute Gasteiger partial charge is 0.392 e. The van der Waals surface area contributed by atoms with Crippen LogP contribution in [0.5, 0.6) is 0 Å². The van der Waals surface area contributed by atoms with Gasteiger partial charge in [-0.15, -0.1) is 0 Å². The standard InChI is InChI=1S/C13H20F2O3/c1-2-3-6-13(14,15)12(18)5-4-9-7-10(16)8-11(9)17/h9,11,17H,2-8H2,1H3. The van der Waals surface area contributed by atoms with Crippen molar-refractivity contribution in [2.75, 3.05) is 0 Å². The number of alkyl halides is 2. The van der Waals surface area contributed by atoms with Crippen LogP contribution in [0.15, 0.2) is 0 Å². The molecule has 1 rings (SSSR count). The van der Waals surface area contributed by atoms with E-state index in [2.05, 4.69) is 0 Å². The molecule has 0 saturated heterocycles. The lowest BCUT2D eigenvalue weighted by Crippen LogP contribution is -2.29. The first-order valence-electron chi connectivity index (χ1n) is 6.47. The van der Waals surface area contributed by atoms with E-state index in [0.717, 1.165) is 0 Å². The zero-order valence-electron chi connectivity index (χ0n) is 10.6. The van der Waals surface area contributed by atoms with Gasteiger partial charge in [0.15, 0.2) is 0 Å². The summed E-state index contributed by atoms with van der Waals surface area (Å²) in [4.78, 5) is 22.5. The quantitative estimate of drug-likeness (QED) is 0.767. The van der Waals surface area contributed by atoms with Crippen LogP contribution in [0.25, 0.3) is 0 Å². The molecule has 0 heterocycles. The van der Waals surface area contributed by atoms with Crippen LogP contribution in [-0.2, 0) is 9.59 Å². The lowest BCUT2D eigenvalue weighted by Gasteiger charge is -2.17. The summed E-state index contributed by atoms with van der Waals surface area (Å²) in [5, 5.41) is 9.50. The molecule has 0 aromatic rings. The SMILES string of the molecule is CCCCC(F)(F)C(=O)CCC1CC(=O)CC1O. The molecule has 0 aromatic heterocycles. The molecule has 1 N–H and O–H groups in total. The first kappa shape index (κ1) is 15.2. The van der Waals surface area contributed by atoms with Gasteiger partial charge in [-0.1, -0.05) is 13.3 Å². The summed E-state index contributed by atoms with van der Waals surface area (Å²) in [6.45, 7) is 1.79. The molecule has 2 unspecified atom stereocenters. The van der Waals surface area contributed by atoms with Crippen molar-refractivity contribution in [2.45, 2.75) is 63.9 Å². The lowest BCUT2D eigenvalue weighted by atomic mass is 9.95. The van der Waals surface area contributed by atoms with Crippen molar-refractivity contribution in [3.63, 3.8) is 0 Å². The molecular weight excluding hydrogens is 242 g/mol. The van der Waals surface area contributed by atoms with Gasteiger partial charge in [0.25, 0.3) is 0 Å². The van der Waals surface area contributed by atoms with E-state index in [0.29, 0.717) is 12.8 Å². The van der Waals surface area contributed by atoms with E-state index in [-0.39, 0.29) is 37.4 Å². The molecule has 5 heteroatoms. The molecule has 1 aliphatic carbocycles. The maximum Gasteiger partial charge on any atom is 0.305 e. The van der Waals surface area contributed by atoms with Crippen LogP contribution in [0.1, 0.15) is 51.9 Å². The smallest absolute Gasteiger partial charge is 0.305 e. The molecule has 1 aliphatic rings. The average molecular weight is 262 g/mol. The third kappa shape index (κ3) is 4.12. The molecule has 0 aromatic carbocycles. The Balaban J connectivity index is 2.38. The fourth-order valence-electron chi connectivity index (χ4n) is 2.24. The summed E-state index contributed by atoms with van der Waals surface area (Å²) in [5.41, 5.74) is 0. The molecular formula is C13H20F2O3. The predicted octanol–water partition coefficient (Wildman–Crippen LogP) is 2.50. The highest BCUT2D eigenvalue weighted by molar-refractivity contribution is 5.86. The van der Waals surface area contributed by atoms with E-state index in [1.165, 1.54) is 0 Å². The number of aliphatic hydroxyl groups is 1. The van der Waals surface area contributed by atoms with Gasteiger partial charge in [-0.2, -0.15) is 8.78 Å². The molecule has 18 heavy (non-hydrogen) atoms. The number of carbonyl (C=O) groups excluding carboxylic acids is 2. The van der Waals surface area contributed by atoms with Crippen molar-refractivity contribution in [3.8, 4) is 0 Å². The summed E-state index contributed by atoms with van der Waals surface area (Å²) in [5.74, 6) is -4.72. The monoisotopic (exact) mass is 262 g/mol. The van der Waals surface area contributed by atoms with Crippen LogP contribution in [0, 0.1) is 5.92 Å². The molecule has 0 amide bonds. The van der Waals surface area contributed by atoms with Gasteiger partial charge in [-0.25, -0.2) is 0 Å². The molecule has 0 bridgehead atoms. The number of halogens is 2. The molecule has 0 radical (unpaired) electrons. The second-order valence-corrected chi connectivity index (χ2v) is 5.04. The van der Waals surface area contributed by atoms with Gasteiger partial charge < -0.3 is 5.11 Å². The fraction of sp³-hybridized carbons (Fsp3) is 0.846. The van der Waals surface area contributed by atoms with Crippen LogP contribution in [0.3, 0.4) is 0 Å². The predicted molar refractivity (Wildman–Crippen MR) is 62.5 cm³/mol. The third-order valence-electron chi connectivity index (χ3n) is 3.47. The summed E-state index contributed by atoms with van der Waals surface area (Å²) in [6, 6.07) is 0. The summed E-state index contributed by atoms with van der Waals surface area (Å²) < 4.78 is 26.7. The van der Waals surface area contributed by atoms with Crippen LogP contribution in [0.2, 0.25) is 0 Å². The maximum absolute atomic E-state index is 13.4. The Morgan fingerprint density at radius 2 is 2.11 bits per heavy atom. The highest BCUT2D eigenvalue weighted by Crippen LogP contribution is 2.30. The number of carbonyl (C=O) groups is 2. The van der Waals surface area contributed by atoms with Gasteiger partial charge in [-0.3, -0.25) is 9.59 Å². The van der Waals surface area contributed by atoms with Gasteiger partial charge in [0.1, 0.15) is 5.78 Å². The van der Waals surface area contributed by atoms with E-state index < -0.39 is 24.2 Å². The van der Waals surface area contributed by atoms with E-state index in [1.54, 1.807) is 6.92 Å². The second kappa shape index (κ2) is 6.36. The average Bonchev–Trinajstić information content (AvgIpc) is 2.62. The van der Waals surface area contributed by atoms with E-state index in [4.69, 9.17) is 0 Å². The Hall–Kier alpha value is -0.840. The number of Topliss-reactive ketones (excluding diaryl/α,β-unsaturated/α-hetero) is 2. The highest BCUT2D eigenvalue weighted by atomic mass is 19.3. The zero-order valence-corrected chi connectivity index (χ0v) is 10.6. The minimum Gasteiger partial charge on any atom is -0.392 e. The summed E-state index contributed by atoms with van der Waals surface area (Å²) in [6.07, 6.45) is -0.0232. The van der Waals surface area contributed by atoms with Crippen LogP contribution < -0.4 is 0 Å². The zero-order chi connectivity index (χ0) is 13.8. The molecule has 0 spiro atoms. The Morgan fingerprint density at radius 3 is 2.61 bits per heavy atom. The van der Waals surface area contributed by atoms with Crippen molar-refractivity contribution >= 4 is 11.6 Å². The highest BCUT2D eigenvalue weighted by Gasteiger charge is 2.38. The summed E-state index contributed by atoms with van der Waals surface area (Å²) in [7, 11) is 0. The second-order valence-electron chi connectivity index (χ2n) is 5.04. The van der Waals surface area contributed by atoms with Crippen LogP contribution >= 0.6 is 0 Å². The van der Waals surface area contributed by atoms with Gasteiger partial charge in [0.2, 0.25) is 5.78 Å². The Morgan fingerprint density at radius 1 is 1.44 bits per heavy atom. The molecule has 0 aliphatic heterocycles. The van der Waals surface area contributed by atoms with Gasteiger partial charge in [-0.05, 0) is 18.8 Å². The van der Waals surface area contributed by atoms with Crippen LogP contribution in [0.4, 0.5) is 8.78 Å². The van der Waals surface area contributed by atoms with Gasteiger partial charge in [0.05, 0.1) is 6.10 Å². The molecule has 1 fully saturated rings. The third-order valence-corrected chi connectivity index (χ3v) is 3.47. The minimum absolute atomic E-state index is 0.0577. The van der Waals surface area contributed by atoms with Gasteiger partial charge >= 0.3 is 5.92 Å². The number of hydrogen-bond donors (Lipinski definition) is 1. The van der Waals surface area contributed by atoms with Crippen molar-refractivity contribution in [1.82, 2.24) is 0 Å². The lowest BCUT2D eigenvalue weighted by molar-refractivity contribution is -0.144. The van der Waals surface area contributed by atoms with Crippen molar-refractivity contribution in [2.24, 2.45) is 5.92 Å². The Kier molecular flexibility index (Phi) is 5.38. The van der Waals surface area contributed by atoms with E-state index in [1.807, 2.05) is 0 Å². The maximum atomic E-state index is 13.4. The van der Waals surface area contributed by atoms with Gasteiger partial charge in [0, 0.05) is 25.7 Å². The van der Waals surface area contributed by atoms with Crippen molar-refractivity contribution < 1.29 is 23.5 Å². The fourth-order valence-corrected chi connectivity index (χ4v) is 2.24. The molecule has 104 valence electrons. The van der Waals surface area contributed by atoms with Crippen LogP contribution in [-0.4, -0.2) is 28.7 Å². The van der Waals surface area contributed by atoms with E-state index in [9.17, 15) is 23.5 Å².